The second kappa shape index (κ2) is 7.67. The van der Waals surface area contributed by atoms with E-state index in [-0.39, 0.29) is 10.8 Å². The monoisotopic (exact) mass is 257 g/mol. The van der Waals surface area contributed by atoms with Gasteiger partial charge in [0.1, 0.15) is 5.82 Å². The summed E-state index contributed by atoms with van der Waals surface area (Å²) in [7, 11) is 0. The van der Waals surface area contributed by atoms with Crippen LogP contribution in [0.2, 0.25) is 5.02 Å². The number of nitrogens with one attached hydrogen (secondary N) is 1. The Morgan fingerprint density at radius 2 is 2.12 bits per heavy atom. The van der Waals surface area contributed by atoms with E-state index < -0.39 is 0 Å². The minimum Gasteiger partial charge on any atom is -0.314 e. The highest BCUT2D eigenvalue weighted by Gasteiger charge is 2.06. The summed E-state index contributed by atoms with van der Waals surface area (Å²) in [6.07, 6.45) is 4.18. The fourth-order valence-corrected chi connectivity index (χ4v) is 1.95. The summed E-state index contributed by atoms with van der Waals surface area (Å²) < 4.78 is 13.2. The van der Waals surface area contributed by atoms with Crippen LogP contribution in [0.3, 0.4) is 0 Å². The molecule has 0 aliphatic carbocycles. The molecular formula is C14H21ClFN. The molecule has 0 spiro atoms. The van der Waals surface area contributed by atoms with Gasteiger partial charge in [-0.3, -0.25) is 0 Å². The van der Waals surface area contributed by atoms with Crippen LogP contribution in [0, 0.1) is 5.82 Å². The van der Waals surface area contributed by atoms with Gasteiger partial charge in [0.2, 0.25) is 0 Å². The van der Waals surface area contributed by atoms with Crippen LogP contribution in [0.4, 0.5) is 4.39 Å². The molecular weight excluding hydrogens is 237 g/mol. The number of hydrogen-bond donors (Lipinski definition) is 1. The Morgan fingerprint density at radius 1 is 1.35 bits per heavy atom. The van der Waals surface area contributed by atoms with Crippen molar-refractivity contribution in [2.24, 2.45) is 0 Å². The molecule has 1 N–H and O–H groups in total. The quantitative estimate of drug-likeness (QED) is 0.772. The van der Waals surface area contributed by atoms with E-state index in [4.69, 9.17) is 11.6 Å². The molecule has 0 bridgehead atoms. The molecule has 1 unspecified atom stereocenters. The number of hydrogen-bond acceptors (Lipinski definition) is 1. The van der Waals surface area contributed by atoms with E-state index in [2.05, 4.69) is 19.2 Å². The van der Waals surface area contributed by atoms with E-state index in [9.17, 15) is 4.39 Å². The Labute approximate surface area is 108 Å². The molecule has 1 atom stereocenters. The van der Waals surface area contributed by atoms with E-state index >= 15 is 0 Å². The number of halogens is 2. The van der Waals surface area contributed by atoms with Gasteiger partial charge in [0, 0.05) is 6.04 Å². The lowest BCUT2D eigenvalue weighted by Crippen LogP contribution is -2.29. The van der Waals surface area contributed by atoms with Gasteiger partial charge < -0.3 is 5.32 Å². The lowest BCUT2D eigenvalue weighted by atomic mass is 10.0. The van der Waals surface area contributed by atoms with Crippen molar-refractivity contribution in [2.45, 2.75) is 45.6 Å². The van der Waals surface area contributed by atoms with Crippen molar-refractivity contribution in [3.05, 3.63) is 34.6 Å². The van der Waals surface area contributed by atoms with Crippen molar-refractivity contribution in [3.8, 4) is 0 Å². The van der Waals surface area contributed by atoms with Gasteiger partial charge in [0.25, 0.3) is 0 Å². The lowest BCUT2D eigenvalue weighted by molar-refractivity contribution is 0.468. The highest BCUT2D eigenvalue weighted by atomic mass is 35.5. The smallest absolute Gasteiger partial charge is 0.142 e. The summed E-state index contributed by atoms with van der Waals surface area (Å²) in [5.41, 5.74) is 1.02. The lowest BCUT2D eigenvalue weighted by Gasteiger charge is -2.16. The van der Waals surface area contributed by atoms with Crippen LogP contribution < -0.4 is 5.32 Å². The maximum atomic E-state index is 13.2. The van der Waals surface area contributed by atoms with E-state index in [1.807, 2.05) is 6.07 Å². The fourth-order valence-electron chi connectivity index (χ4n) is 1.84. The van der Waals surface area contributed by atoms with Crippen molar-refractivity contribution in [2.75, 3.05) is 6.54 Å². The van der Waals surface area contributed by atoms with Gasteiger partial charge in [-0.25, -0.2) is 4.39 Å². The minimum atomic E-state index is -0.321. The Hall–Kier alpha value is -0.600. The van der Waals surface area contributed by atoms with Crippen LogP contribution in [-0.4, -0.2) is 12.6 Å². The molecule has 1 nitrogen and oxygen atoms in total. The zero-order valence-corrected chi connectivity index (χ0v) is 11.4. The SMILES string of the molecule is CCCNC(CC)CCc1ccc(Cl)c(F)c1. The normalized spacial score (nSPS) is 12.7. The van der Waals surface area contributed by atoms with E-state index in [0.29, 0.717) is 6.04 Å². The fraction of sp³-hybridized carbons (Fsp3) is 0.571. The third-order valence-corrected chi connectivity index (χ3v) is 3.25. The van der Waals surface area contributed by atoms with Crippen LogP contribution >= 0.6 is 11.6 Å². The maximum Gasteiger partial charge on any atom is 0.142 e. The average Bonchev–Trinajstić information content (AvgIpc) is 2.34. The predicted octanol–water partition coefficient (Wildman–Crippen LogP) is 4.19. The first-order valence-corrected chi connectivity index (χ1v) is 6.72. The Kier molecular flexibility index (Phi) is 6.53. The molecule has 0 aliphatic rings. The van der Waals surface area contributed by atoms with Gasteiger partial charge in [0.15, 0.2) is 0 Å². The topological polar surface area (TPSA) is 12.0 Å². The summed E-state index contributed by atoms with van der Waals surface area (Å²) in [5, 5.41) is 3.69. The van der Waals surface area contributed by atoms with Crippen LogP contribution in [0.25, 0.3) is 0 Å². The van der Waals surface area contributed by atoms with Crippen molar-refractivity contribution in [1.29, 1.82) is 0 Å². The number of benzene rings is 1. The zero-order chi connectivity index (χ0) is 12.7. The maximum absolute atomic E-state index is 13.2. The van der Waals surface area contributed by atoms with Crippen molar-refractivity contribution < 1.29 is 4.39 Å². The third-order valence-electron chi connectivity index (χ3n) is 2.94. The average molecular weight is 258 g/mol. The number of aryl methyl sites for hydroxylation is 1. The Balaban J connectivity index is 2.45. The molecule has 1 rings (SSSR count). The molecule has 0 heterocycles. The summed E-state index contributed by atoms with van der Waals surface area (Å²) in [6.45, 7) is 5.39. The van der Waals surface area contributed by atoms with Crippen molar-refractivity contribution in [3.63, 3.8) is 0 Å². The molecule has 1 aromatic carbocycles. The Morgan fingerprint density at radius 3 is 2.71 bits per heavy atom. The highest BCUT2D eigenvalue weighted by Crippen LogP contribution is 2.17. The summed E-state index contributed by atoms with van der Waals surface area (Å²) in [4.78, 5) is 0. The van der Waals surface area contributed by atoms with Crippen LogP contribution in [-0.2, 0) is 6.42 Å². The molecule has 0 aromatic heterocycles. The predicted molar refractivity (Wildman–Crippen MR) is 72.1 cm³/mol. The first-order chi connectivity index (χ1) is 8.17. The van der Waals surface area contributed by atoms with Gasteiger partial charge >= 0.3 is 0 Å². The zero-order valence-electron chi connectivity index (χ0n) is 10.6. The van der Waals surface area contributed by atoms with Crippen LogP contribution in [0.5, 0.6) is 0 Å². The molecule has 96 valence electrons. The van der Waals surface area contributed by atoms with Gasteiger partial charge in [-0.2, -0.15) is 0 Å². The molecule has 0 fully saturated rings. The molecule has 0 amide bonds. The summed E-state index contributed by atoms with van der Waals surface area (Å²) in [5.74, 6) is -0.321. The third kappa shape index (κ3) is 5.05. The molecule has 0 radical (unpaired) electrons. The summed E-state index contributed by atoms with van der Waals surface area (Å²) >= 11 is 5.65. The molecule has 0 saturated heterocycles. The summed E-state index contributed by atoms with van der Waals surface area (Å²) in [6, 6.07) is 5.59. The van der Waals surface area contributed by atoms with Crippen molar-refractivity contribution >= 4 is 11.6 Å². The Bertz CT molecular complexity index is 341. The standard InChI is InChI=1S/C14H21ClFN/c1-3-9-17-12(4-2)7-5-11-6-8-13(15)14(16)10-11/h6,8,10,12,17H,3-5,7,9H2,1-2H3. The molecule has 0 aliphatic heterocycles. The molecule has 1 aromatic rings. The largest absolute Gasteiger partial charge is 0.314 e. The first-order valence-electron chi connectivity index (χ1n) is 6.34. The van der Waals surface area contributed by atoms with Gasteiger partial charge in [-0.15, -0.1) is 0 Å². The van der Waals surface area contributed by atoms with Crippen molar-refractivity contribution in [1.82, 2.24) is 5.32 Å². The van der Waals surface area contributed by atoms with Crippen LogP contribution in [0.15, 0.2) is 18.2 Å². The van der Waals surface area contributed by atoms with Crippen LogP contribution in [0.1, 0.15) is 38.7 Å². The van der Waals surface area contributed by atoms with Gasteiger partial charge in [0.05, 0.1) is 5.02 Å². The highest BCUT2D eigenvalue weighted by molar-refractivity contribution is 6.30. The first kappa shape index (κ1) is 14.5. The molecule has 3 heteroatoms. The van der Waals surface area contributed by atoms with Gasteiger partial charge in [-0.05, 0) is 49.9 Å². The van der Waals surface area contributed by atoms with E-state index in [1.54, 1.807) is 6.07 Å². The minimum absolute atomic E-state index is 0.199. The second-order valence-corrected chi connectivity index (χ2v) is 4.75. The number of rotatable bonds is 7. The molecule has 0 saturated carbocycles. The molecule has 17 heavy (non-hydrogen) atoms. The van der Waals surface area contributed by atoms with E-state index in [1.165, 1.54) is 6.07 Å². The second-order valence-electron chi connectivity index (χ2n) is 4.35. The van der Waals surface area contributed by atoms with Gasteiger partial charge in [-0.1, -0.05) is 31.5 Å². The van der Waals surface area contributed by atoms with E-state index in [0.717, 1.165) is 37.8 Å².